The average Bonchev–Trinajstić information content (AvgIpc) is 3.37. The molecule has 0 spiro atoms. The highest BCUT2D eigenvalue weighted by Gasteiger charge is 2.31. The average molecular weight is 480 g/mol. The van der Waals surface area contributed by atoms with Crippen LogP contribution in [0.25, 0.3) is 34.7 Å². The number of carbonyl (C=O) groups excluding carboxylic acids is 1. The molecule has 2 aromatic heterocycles. The van der Waals surface area contributed by atoms with Crippen LogP contribution in [0.5, 0.6) is 0 Å². The summed E-state index contributed by atoms with van der Waals surface area (Å²) in [6.45, 7) is 5.48. The fourth-order valence-corrected chi connectivity index (χ4v) is 4.33. The topological polar surface area (TPSA) is 111 Å². The summed E-state index contributed by atoms with van der Waals surface area (Å²) in [6, 6.07) is 14.9. The van der Waals surface area contributed by atoms with Gasteiger partial charge in [0, 0.05) is 45.8 Å². The lowest BCUT2D eigenvalue weighted by atomic mass is 10.0. The van der Waals surface area contributed by atoms with Crippen LogP contribution in [-0.2, 0) is 4.79 Å². The number of aromatic amines is 1. The molecule has 3 heterocycles. The first-order chi connectivity index (χ1) is 17.2. The molecule has 36 heavy (non-hydrogen) atoms. The number of pyridine rings is 1. The Labute approximate surface area is 208 Å². The van der Waals surface area contributed by atoms with Crippen molar-refractivity contribution in [1.29, 1.82) is 0 Å². The fraction of sp³-hybridized carbons (Fsp3) is 0.143. The summed E-state index contributed by atoms with van der Waals surface area (Å²) in [5.74, 6) is -0.231. The number of rotatable bonds is 4. The van der Waals surface area contributed by atoms with Gasteiger partial charge in [-0.3, -0.25) is 19.8 Å². The number of amides is 2. The van der Waals surface area contributed by atoms with Crippen LogP contribution in [0, 0.1) is 0 Å². The van der Waals surface area contributed by atoms with Crippen molar-refractivity contribution in [3.05, 3.63) is 83.3 Å². The minimum absolute atomic E-state index is 0.231. The van der Waals surface area contributed by atoms with Gasteiger partial charge in [-0.2, -0.15) is 5.10 Å². The van der Waals surface area contributed by atoms with Gasteiger partial charge in [0.25, 0.3) is 5.91 Å². The number of hydrogen-bond donors (Lipinski definition) is 3. The monoisotopic (exact) mass is 479 g/mol. The van der Waals surface area contributed by atoms with Crippen molar-refractivity contribution < 1.29 is 14.7 Å². The lowest BCUT2D eigenvalue weighted by Crippen LogP contribution is -2.45. The van der Waals surface area contributed by atoms with Gasteiger partial charge in [-0.15, -0.1) is 0 Å². The number of aromatic nitrogens is 3. The molecule has 3 N–H and O–H groups in total. The van der Waals surface area contributed by atoms with Gasteiger partial charge in [-0.1, -0.05) is 12.1 Å². The molecular formula is C28H25N5O3. The molecule has 5 rings (SSSR count). The number of anilines is 2. The first kappa shape index (κ1) is 23.0. The van der Waals surface area contributed by atoms with Gasteiger partial charge in [0.05, 0.1) is 11.2 Å². The highest BCUT2D eigenvalue weighted by atomic mass is 16.4. The first-order valence-electron chi connectivity index (χ1n) is 11.5. The van der Waals surface area contributed by atoms with Crippen LogP contribution in [0.2, 0.25) is 0 Å². The van der Waals surface area contributed by atoms with Gasteiger partial charge in [-0.25, -0.2) is 4.79 Å². The van der Waals surface area contributed by atoms with Gasteiger partial charge in [0.15, 0.2) is 0 Å². The van der Waals surface area contributed by atoms with Crippen molar-refractivity contribution in [2.45, 2.75) is 26.3 Å². The smallest absolute Gasteiger partial charge is 0.412 e. The summed E-state index contributed by atoms with van der Waals surface area (Å²) in [6.07, 6.45) is 8.15. The van der Waals surface area contributed by atoms with Crippen LogP contribution in [0.3, 0.4) is 0 Å². The summed E-state index contributed by atoms with van der Waals surface area (Å²) in [4.78, 5) is 30.1. The zero-order chi connectivity index (χ0) is 25.4. The van der Waals surface area contributed by atoms with E-state index in [1.54, 1.807) is 36.7 Å². The summed E-state index contributed by atoms with van der Waals surface area (Å²) in [7, 11) is 0. The molecule has 2 amide bonds. The first-order valence-corrected chi connectivity index (χ1v) is 11.5. The highest BCUT2D eigenvalue weighted by Crippen LogP contribution is 2.37. The molecule has 0 bridgehead atoms. The Bertz CT molecular complexity index is 1540. The molecule has 2 aromatic carbocycles. The molecule has 0 saturated heterocycles. The van der Waals surface area contributed by atoms with Crippen molar-refractivity contribution in [2.75, 3.05) is 10.2 Å². The Balaban J connectivity index is 1.49. The fourth-order valence-electron chi connectivity index (χ4n) is 4.33. The Morgan fingerprint density at radius 1 is 1.00 bits per heavy atom. The molecule has 0 saturated carbocycles. The Kier molecular flexibility index (Phi) is 5.64. The zero-order valence-electron chi connectivity index (χ0n) is 20.1. The lowest BCUT2D eigenvalue weighted by molar-refractivity contribution is -0.110. The largest absolute Gasteiger partial charge is 0.465 e. The van der Waals surface area contributed by atoms with Gasteiger partial charge in [0.1, 0.15) is 0 Å². The van der Waals surface area contributed by atoms with E-state index in [0.29, 0.717) is 22.5 Å². The van der Waals surface area contributed by atoms with Crippen LogP contribution >= 0.6 is 0 Å². The predicted molar refractivity (Wildman–Crippen MR) is 142 cm³/mol. The number of nitrogens with zero attached hydrogens (tertiary/aromatic N) is 3. The zero-order valence-corrected chi connectivity index (χ0v) is 20.1. The summed E-state index contributed by atoms with van der Waals surface area (Å²) < 4.78 is 0. The van der Waals surface area contributed by atoms with E-state index in [9.17, 15) is 14.7 Å². The van der Waals surface area contributed by atoms with E-state index in [2.05, 4.69) is 20.5 Å². The maximum absolute atomic E-state index is 12.8. The Hall–Kier alpha value is -4.72. The van der Waals surface area contributed by atoms with Crippen LogP contribution in [-0.4, -0.2) is 37.8 Å². The molecule has 0 fully saturated rings. The van der Waals surface area contributed by atoms with Gasteiger partial charge < -0.3 is 10.4 Å². The maximum atomic E-state index is 12.8. The number of fused-ring (bicyclic) bond motifs is 2. The van der Waals surface area contributed by atoms with Crippen molar-refractivity contribution in [2.24, 2.45) is 0 Å². The van der Waals surface area contributed by atoms with E-state index in [0.717, 1.165) is 27.7 Å². The van der Waals surface area contributed by atoms with E-state index in [4.69, 9.17) is 0 Å². The number of carboxylic acid groups (broad SMARTS) is 1. The van der Waals surface area contributed by atoms with Crippen LogP contribution < -0.4 is 10.2 Å². The Morgan fingerprint density at radius 3 is 2.50 bits per heavy atom. The molecule has 0 aliphatic carbocycles. The highest BCUT2D eigenvalue weighted by molar-refractivity contribution is 6.35. The standard InChI is InChI=1S/C28H25N5O3/c1-28(2,3)33(27(35)36)19-6-9-23-21(16-19)22(26(34)30-23)14-18-4-7-20-24(31-32-25(20)15-18)8-5-17-10-12-29-13-11-17/h4-16H,1-3H3,(H,30,34)(H,31,32)(H,35,36). The Morgan fingerprint density at radius 2 is 1.78 bits per heavy atom. The second-order valence-electron chi connectivity index (χ2n) is 9.56. The lowest BCUT2D eigenvalue weighted by Gasteiger charge is -2.33. The second kappa shape index (κ2) is 8.81. The van der Waals surface area contributed by atoms with E-state index in [1.807, 2.05) is 63.3 Å². The van der Waals surface area contributed by atoms with Crippen LogP contribution in [0.4, 0.5) is 16.2 Å². The van der Waals surface area contributed by atoms with E-state index in [1.165, 1.54) is 4.90 Å². The van der Waals surface area contributed by atoms with Crippen molar-refractivity contribution in [3.8, 4) is 0 Å². The molecule has 8 heteroatoms. The van der Waals surface area contributed by atoms with Crippen molar-refractivity contribution in [1.82, 2.24) is 15.2 Å². The summed E-state index contributed by atoms with van der Waals surface area (Å²) in [5, 5.41) is 21.1. The minimum Gasteiger partial charge on any atom is -0.465 e. The molecule has 0 radical (unpaired) electrons. The number of hydrogen-bond acceptors (Lipinski definition) is 4. The third-order valence-corrected chi connectivity index (χ3v) is 5.97. The van der Waals surface area contributed by atoms with Crippen molar-refractivity contribution in [3.63, 3.8) is 0 Å². The van der Waals surface area contributed by atoms with E-state index >= 15 is 0 Å². The molecule has 1 aliphatic rings. The molecule has 4 aromatic rings. The number of benzene rings is 2. The molecule has 1 aliphatic heterocycles. The quantitative estimate of drug-likeness (QED) is 0.315. The normalized spacial score (nSPS) is 14.4. The van der Waals surface area contributed by atoms with Gasteiger partial charge in [0.2, 0.25) is 0 Å². The maximum Gasteiger partial charge on any atom is 0.412 e. The predicted octanol–water partition coefficient (Wildman–Crippen LogP) is 5.90. The second-order valence-corrected chi connectivity index (χ2v) is 9.56. The molecule has 0 atom stereocenters. The van der Waals surface area contributed by atoms with E-state index < -0.39 is 11.6 Å². The van der Waals surface area contributed by atoms with Crippen molar-refractivity contribution >= 4 is 58.1 Å². The molecule has 8 nitrogen and oxygen atoms in total. The number of carbonyl (C=O) groups is 2. The molecule has 0 unspecified atom stereocenters. The van der Waals surface area contributed by atoms with Crippen LogP contribution in [0.15, 0.2) is 60.9 Å². The van der Waals surface area contributed by atoms with Crippen LogP contribution in [0.1, 0.15) is 43.2 Å². The number of H-pyrrole nitrogens is 1. The summed E-state index contributed by atoms with van der Waals surface area (Å²) in [5.41, 5.74) is 5.16. The van der Waals surface area contributed by atoms with E-state index in [-0.39, 0.29) is 5.91 Å². The minimum atomic E-state index is -1.05. The SMILES string of the molecule is CC(C)(C)N(C(=O)O)c1ccc2c(c1)C(=Cc1ccc3c(C=Cc4ccncc4)n[nH]c3c1)C(=O)N2. The van der Waals surface area contributed by atoms with Gasteiger partial charge >= 0.3 is 6.09 Å². The third kappa shape index (κ3) is 4.36. The third-order valence-electron chi connectivity index (χ3n) is 5.97. The molecular weight excluding hydrogens is 454 g/mol. The number of nitrogens with one attached hydrogen (secondary N) is 2. The van der Waals surface area contributed by atoms with Gasteiger partial charge in [-0.05, 0) is 86.5 Å². The molecule has 180 valence electrons. The summed E-state index contributed by atoms with van der Waals surface area (Å²) >= 11 is 0.